The van der Waals surface area contributed by atoms with Gasteiger partial charge in [0, 0.05) is 20.1 Å². The third-order valence-corrected chi connectivity index (χ3v) is 3.64. The maximum atomic E-state index is 12.6. The van der Waals surface area contributed by atoms with Crippen LogP contribution in [0.25, 0.3) is 0 Å². The van der Waals surface area contributed by atoms with Crippen LogP contribution in [0.15, 0.2) is 24.3 Å². The Kier molecular flexibility index (Phi) is 5.26. The summed E-state index contributed by atoms with van der Waals surface area (Å²) in [6.45, 7) is 5.00. The molecule has 1 aromatic carbocycles. The third-order valence-electron chi connectivity index (χ3n) is 3.64. The molecule has 0 bridgehead atoms. The first-order valence-corrected chi connectivity index (χ1v) is 7.51. The highest BCUT2D eigenvalue weighted by Gasteiger charge is 2.18. The highest BCUT2D eigenvalue weighted by molar-refractivity contribution is 5.92. The van der Waals surface area contributed by atoms with Crippen LogP contribution in [0.5, 0.6) is 11.5 Å². The Balaban J connectivity index is 2.18. The van der Waals surface area contributed by atoms with Crippen molar-refractivity contribution in [2.24, 2.45) is 0 Å². The number of amides is 1. The fourth-order valence-electron chi connectivity index (χ4n) is 2.48. The zero-order valence-electron chi connectivity index (χ0n) is 14.3. The van der Waals surface area contributed by atoms with Crippen LogP contribution in [0.1, 0.15) is 28.7 Å². The summed E-state index contributed by atoms with van der Waals surface area (Å²) in [6.07, 6.45) is 0. The van der Waals surface area contributed by atoms with E-state index in [9.17, 15) is 4.79 Å². The minimum Gasteiger partial charge on any atom is -0.493 e. The average molecular weight is 317 g/mol. The molecule has 1 heterocycles. The summed E-state index contributed by atoms with van der Waals surface area (Å²) >= 11 is 0. The van der Waals surface area contributed by atoms with Crippen LogP contribution in [0.4, 0.5) is 0 Å². The van der Waals surface area contributed by atoms with Crippen molar-refractivity contribution in [3.63, 3.8) is 0 Å². The lowest BCUT2D eigenvalue weighted by molar-refractivity contribution is 0.0772. The van der Waals surface area contributed by atoms with E-state index in [0.717, 1.165) is 11.3 Å². The van der Waals surface area contributed by atoms with Crippen molar-refractivity contribution in [2.45, 2.75) is 26.9 Å². The van der Waals surface area contributed by atoms with Crippen LogP contribution in [0.3, 0.4) is 0 Å². The first kappa shape index (κ1) is 16.9. The lowest BCUT2D eigenvalue weighted by Crippen LogP contribution is -2.28. The Labute approximate surface area is 136 Å². The Morgan fingerprint density at radius 3 is 2.52 bits per heavy atom. The number of carbonyl (C=O) groups excluding carboxylic acids is 1. The molecule has 0 aliphatic rings. The minimum absolute atomic E-state index is 0.0535. The summed E-state index contributed by atoms with van der Waals surface area (Å²) in [5.74, 6) is 1.27. The average Bonchev–Trinajstić information content (AvgIpc) is 2.94. The number of benzene rings is 1. The normalized spacial score (nSPS) is 10.5. The van der Waals surface area contributed by atoms with E-state index < -0.39 is 0 Å². The van der Waals surface area contributed by atoms with E-state index in [2.05, 4.69) is 5.10 Å². The van der Waals surface area contributed by atoms with Gasteiger partial charge in [-0.15, -0.1) is 0 Å². The molecule has 124 valence electrons. The summed E-state index contributed by atoms with van der Waals surface area (Å²) in [5.41, 5.74) is 2.42. The van der Waals surface area contributed by atoms with Gasteiger partial charge in [0.15, 0.2) is 11.5 Å². The molecule has 1 amide bonds. The summed E-state index contributed by atoms with van der Waals surface area (Å²) in [5, 5.41) is 4.32. The monoisotopic (exact) mass is 317 g/mol. The molecule has 0 saturated carbocycles. The molecule has 23 heavy (non-hydrogen) atoms. The van der Waals surface area contributed by atoms with E-state index in [0.29, 0.717) is 30.3 Å². The smallest absolute Gasteiger partial charge is 0.272 e. The Bertz CT molecular complexity index is 694. The van der Waals surface area contributed by atoms with Gasteiger partial charge in [0.1, 0.15) is 5.69 Å². The number of carbonyl (C=O) groups is 1. The van der Waals surface area contributed by atoms with Gasteiger partial charge in [-0.1, -0.05) is 6.07 Å². The largest absolute Gasteiger partial charge is 0.493 e. The van der Waals surface area contributed by atoms with Gasteiger partial charge in [-0.05, 0) is 37.6 Å². The lowest BCUT2D eigenvalue weighted by Gasteiger charge is -2.18. The number of aromatic nitrogens is 2. The van der Waals surface area contributed by atoms with E-state index in [1.807, 2.05) is 38.1 Å². The van der Waals surface area contributed by atoms with Crippen LogP contribution >= 0.6 is 0 Å². The van der Waals surface area contributed by atoms with Crippen LogP contribution in [-0.4, -0.2) is 41.9 Å². The number of nitrogens with zero attached hydrogens (tertiary/aromatic N) is 3. The van der Waals surface area contributed by atoms with Crippen molar-refractivity contribution in [1.29, 1.82) is 0 Å². The maximum Gasteiger partial charge on any atom is 0.272 e. The van der Waals surface area contributed by atoms with Gasteiger partial charge in [-0.2, -0.15) is 5.10 Å². The van der Waals surface area contributed by atoms with Crippen LogP contribution in [0.2, 0.25) is 0 Å². The number of hydrogen-bond acceptors (Lipinski definition) is 4. The summed E-state index contributed by atoms with van der Waals surface area (Å²) in [7, 11) is 4.97. The second-order valence-corrected chi connectivity index (χ2v) is 5.34. The first-order valence-electron chi connectivity index (χ1n) is 7.51. The molecule has 0 fully saturated rings. The third kappa shape index (κ3) is 3.64. The first-order chi connectivity index (χ1) is 11.0. The van der Waals surface area contributed by atoms with Crippen molar-refractivity contribution < 1.29 is 14.3 Å². The van der Waals surface area contributed by atoms with Gasteiger partial charge in [0.2, 0.25) is 0 Å². The SMILES string of the molecule is CCn1nc(C)cc1C(=O)N(C)Cc1ccc(OC)c(OC)c1. The molecule has 0 unspecified atom stereocenters. The predicted octanol–water partition coefficient (Wildman–Crippen LogP) is 2.50. The van der Waals surface area contributed by atoms with Crippen molar-refractivity contribution in [3.05, 3.63) is 41.2 Å². The standard InChI is InChI=1S/C17H23N3O3/c1-6-20-14(9-12(2)18-20)17(21)19(3)11-13-7-8-15(22-4)16(10-13)23-5/h7-10H,6,11H2,1-5H3. The highest BCUT2D eigenvalue weighted by atomic mass is 16.5. The molecule has 0 aliphatic carbocycles. The van der Waals surface area contributed by atoms with Crippen LogP contribution in [0, 0.1) is 6.92 Å². The van der Waals surface area contributed by atoms with E-state index in [1.54, 1.807) is 30.8 Å². The lowest BCUT2D eigenvalue weighted by atomic mass is 10.2. The molecular formula is C17H23N3O3. The van der Waals surface area contributed by atoms with Crippen molar-refractivity contribution in [1.82, 2.24) is 14.7 Å². The Morgan fingerprint density at radius 2 is 1.91 bits per heavy atom. The van der Waals surface area contributed by atoms with E-state index in [1.165, 1.54) is 0 Å². The molecule has 2 rings (SSSR count). The molecule has 6 nitrogen and oxygen atoms in total. The maximum absolute atomic E-state index is 12.6. The fourth-order valence-corrected chi connectivity index (χ4v) is 2.48. The zero-order chi connectivity index (χ0) is 17.0. The molecule has 0 atom stereocenters. The molecule has 0 spiro atoms. The van der Waals surface area contributed by atoms with Gasteiger partial charge in [-0.25, -0.2) is 0 Å². The summed E-state index contributed by atoms with van der Waals surface area (Å²) in [4.78, 5) is 14.3. The second kappa shape index (κ2) is 7.17. The quantitative estimate of drug-likeness (QED) is 0.821. The Hall–Kier alpha value is -2.50. The fraction of sp³-hybridized carbons (Fsp3) is 0.412. The Morgan fingerprint density at radius 1 is 1.22 bits per heavy atom. The number of aryl methyl sites for hydroxylation is 2. The molecule has 0 N–H and O–H groups in total. The zero-order valence-corrected chi connectivity index (χ0v) is 14.3. The van der Waals surface area contributed by atoms with Gasteiger partial charge in [0.05, 0.1) is 19.9 Å². The second-order valence-electron chi connectivity index (χ2n) is 5.34. The van der Waals surface area contributed by atoms with Crippen LogP contribution < -0.4 is 9.47 Å². The minimum atomic E-state index is -0.0535. The molecule has 0 radical (unpaired) electrons. The highest BCUT2D eigenvalue weighted by Crippen LogP contribution is 2.28. The van der Waals surface area contributed by atoms with Crippen LogP contribution in [-0.2, 0) is 13.1 Å². The molecule has 1 aromatic heterocycles. The van der Waals surface area contributed by atoms with Crippen molar-refractivity contribution >= 4 is 5.91 Å². The summed E-state index contributed by atoms with van der Waals surface area (Å²) in [6, 6.07) is 7.46. The molecular weight excluding hydrogens is 294 g/mol. The van der Waals surface area contributed by atoms with Crippen molar-refractivity contribution in [3.8, 4) is 11.5 Å². The van der Waals surface area contributed by atoms with Gasteiger partial charge < -0.3 is 14.4 Å². The van der Waals surface area contributed by atoms with Gasteiger partial charge in [0.25, 0.3) is 5.91 Å². The molecule has 2 aromatic rings. The van der Waals surface area contributed by atoms with Crippen molar-refractivity contribution in [2.75, 3.05) is 21.3 Å². The topological polar surface area (TPSA) is 56.6 Å². The van der Waals surface area contributed by atoms with E-state index >= 15 is 0 Å². The number of rotatable bonds is 6. The molecule has 0 saturated heterocycles. The molecule has 6 heteroatoms. The van der Waals surface area contributed by atoms with Gasteiger partial charge in [-0.3, -0.25) is 9.48 Å². The predicted molar refractivity (Wildman–Crippen MR) is 88.0 cm³/mol. The van der Waals surface area contributed by atoms with E-state index in [4.69, 9.17) is 9.47 Å². The molecule has 0 aliphatic heterocycles. The van der Waals surface area contributed by atoms with Gasteiger partial charge >= 0.3 is 0 Å². The summed E-state index contributed by atoms with van der Waals surface area (Å²) < 4.78 is 12.3. The number of methoxy groups -OCH3 is 2. The number of ether oxygens (including phenoxy) is 2. The number of hydrogen-bond donors (Lipinski definition) is 0. The van der Waals surface area contributed by atoms with E-state index in [-0.39, 0.29) is 5.91 Å².